The fourth-order valence-corrected chi connectivity index (χ4v) is 2.67. The lowest BCUT2D eigenvalue weighted by molar-refractivity contribution is 0.0812. The fourth-order valence-electron chi connectivity index (χ4n) is 2.67. The number of nitrogens with one attached hydrogen (secondary N) is 1. The van der Waals surface area contributed by atoms with Gasteiger partial charge in [0.25, 0.3) is 5.91 Å². The molecule has 5 nitrogen and oxygen atoms in total. The summed E-state index contributed by atoms with van der Waals surface area (Å²) in [7, 11) is 0. The van der Waals surface area contributed by atoms with E-state index in [1.54, 1.807) is 0 Å². The topological polar surface area (TPSA) is 80.9 Å². The molecule has 18 heavy (non-hydrogen) atoms. The molecule has 1 amide bonds. The maximum absolute atomic E-state index is 12.2. The minimum atomic E-state index is -0.273. The van der Waals surface area contributed by atoms with Crippen molar-refractivity contribution in [3.05, 3.63) is 24.3 Å². The maximum atomic E-state index is 12.2. The number of nitrogens with zero attached hydrogens (tertiary/aromatic N) is 2. The Hall–Kier alpha value is -1.49. The molecular formula is C13H20N4O. The third kappa shape index (κ3) is 2.51. The first-order valence-electron chi connectivity index (χ1n) is 6.45. The van der Waals surface area contributed by atoms with E-state index in [2.05, 4.69) is 22.2 Å². The zero-order chi connectivity index (χ0) is 13.0. The Morgan fingerprint density at radius 3 is 2.83 bits per heavy atom. The average molecular weight is 248 g/mol. The summed E-state index contributed by atoms with van der Waals surface area (Å²) in [6.45, 7) is 2.64. The van der Waals surface area contributed by atoms with Crippen LogP contribution in [-0.4, -0.2) is 28.0 Å². The lowest BCUT2D eigenvalue weighted by Crippen LogP contribution is -2.59. The van der Waals surface area contributed by atoms with Crippen molar-refractivity contribution in [2.45, 2.75) is 38.1 Å². The number of hydrogen-bond donors (Lipinski definition) is 2. The van der Waals surface area contributed by atoms with Crippen LogP contribution >= 0.6 is 0 Å². The van der Waals surface area contributed by atoms with Gasteiger partial charge in [-0.3, -0.25) is 4.79 Å². The SMILES string of the molecule is CC1CCCCC1(CN)NC(=O)c1cncnc1. The summed E-state index contributed by atoms with van der Waals surface area (Å²) >= 11 is 0. The minimum Gasteiger partial charge on any atom is -0.345 e. The van der Waals surface area contributed by atoms with Crippen molar-refractivity contribution in [2.75, 3.05) is 6.54 Å². The van der Waals surface area contributed by atoms with Crippen LogP contribution in [0, 0.1) is 5.92 Å². The van der Waals surface area contributed by atoms with Crippen LogP contribution in [0.3, 0.4) is 0 Å². The van der Waals surface area contributed by atoms with E-state index >= 15 is 0 Å². The Morgan fingerprint density at radius 1 is 1.50 bits per heavy atom. The summed E-state index contributed by atoms with van der Waals surface area (Å²) in [5.41, 5.74) is 6.13. The van der Waals surface area contributed by atoms with Crippen LogP contribution in [0.5, 0.6) is 0 Å². The first-order valence-corrected chi connectivity index (χ1v) is 6.45. The number of amides is 1. The van der Waals surface area contributed by atoms with Gasteiger partial charge in [0.15, 0.2) is 0 Å². The van der Waals surface area contributed by atoms with Crippen molar-refractivity contribution in [1.29, 1.82) is 0 Å². The van der Waals surface area contributed by atoms with Crippen LogP contribution in [0.2, 0.25) is 0 Å². The number of nitrogens with two attached hydrogens (primary N) is 1. The molecule has 0 saturated heterocycles. The van der Waals surface area contributed by atoms with Gasteiger partial charge < -0.3 is 11.1 Å². The van der Waals surface area contributed by atoms with E-state index in [1.807, 2.05) is 0 Å². The largest absolute Gasteiger partial charge is 0.345 e. The Bertz CT molecular complexity index is 409. The zero-order valence-corrected chi connectivity index (χ0v) is 10.7. The van der Waals surface area contributed by atoms with Crippen LogP contribution < -0.4 is 11.1 Å². The molecule has 0 spiro atoms. The Labute approximate surface area is 107 Å². The molecule has 2 unspecified atom stereocenters. The molecular weight excluding hydrogens is 228 g/mol. The summed E-state index contributed by atoms with van der Waals surface area (Å²) in [4.78, 5) is 19.9. The van der Waals surface area contributed by atoms with Crippen molar-refractivity contribution in [3.8, 4) is 0 Å². The normalized spacial score (nSPS) is 27.8. The van der Waals surface area contributed by atoms with E-state index in [-0.39, 0.29) is 11.4 Å². The molecule has 0 bridgehead atoms. The summed E-state index contributed by atoms with van der Waals surface area (Å²) in [5.74, 6) is 0.277. The van der Waals surface area contributed by atoms with Crippen LogP contribution in [-0.2, 0) is 0 Å². The second-order valence-electron chi connectivity index (χ2n) is 5.09. The third-order valence-electron chi connectivity index (χ3n) is 4.00. The standard InChI is InChI=1S/C13H20N4O/c1-10-4-2-3-5-13(10,8-14)17-12(18)11-6-15-9-16-7-11/h6-7,9-10H,2-5,8,14H2,1H3,(H,17,18). The monoisotopic (exact) mass is 248 g/mol. The van der Waals surface area contributed by atoms with Crippen LogP contribution in [0.15, 0.2) is 18.7 Å². The van der Waals surface area contributed by atoms with Gasteiger partial charge in [0, 0.05) is 18.9 Å². The lowest BCUT2D eigenvalue weighted by atomic mass is 9.73. The predicted octanol–water partition coefficient (Wildman–Crippen LogP) is 1.11. The highest BCUT2D eigenvalue weighted by Crippen LogP contribution is 2.33. The second kappa shape index (κ2) is 5.44. The number of hydrogen-bond acceptors (Lipinski definition) is 4. The van der Waals surface area contributed by atoms with Crippen LogP contribution in [0.25, 0.3) is 0 Å². The first kappa shape index (κ1) is 13.0. The van der Waals surface area contributed by atoms with Crippen molar-refractivity contribution in [3.63, 3.8) is 0 Å². The van der Waals surface area contributed by atoms with Gasteiger partial charge in [0.05, 0.1) is 11.1 Å². The molecule has 1 heterocycles. The minimum absolute atomic E-state index is 0.130. The molecule has 5 heteroatoms. The summed E-state index contributed by atoms with van der Waals surface area (Å²) in [6.07, 6.45) is 8.87. The molecule has 1 aromatic rings. The molecule has 2 atom stereocenters. The Balaban J connectivity index is 2.13. The van der Waals surface area contributed by atoms with Gasteiger partial charge in [-0.05, 0) is 18.8 Å². The summed E-state index contributed by atoms with van der Waals surface area (Å²) < 4.78 is 0. The Kier molecular flexibility index (Phi) is 3.91. The van der Waals surface area contributed by atoms with Gasteiger partial charge >= 0.3 is 0 Å². The van der Waals surface area contributed by atoms with Gasteiger partial charge in [-0.25, -0.2) is 9.97 Å². The van der Waals surface area contributed by atoms with Crippen molar-refractivity contribution in [2.24, 2.45) is 11.7 Å². The zero-order valence-electron chi connectivity index (χ0n) is 10.7. The first-order chi connectivity index (χ1) is 8.68. The van der Waals surface area contributed by atoms with Gasteiger partial charge in [0.2, 0.25) is 0 Å². The molecule has 98 valence electrons. The average Bonchev–Trinajstić information content (AvgIpc) is 2.42. The van der Waals surface area contributed by atoms with E-state index in [0.29, 0.717) is 18.0 Å². The highest BCUT2D eigenvalue weighted by molar-refractivity contribution is 5.94. The van der Waals surface area contributed by atoms with Crippen LogP contribution in [0.1, 0.15) is 43.0 Å². The van der Waals surface area contributed by atoms with Crippen molar-refractivity contribution in [1.82, 2.24) is 15.3 Å². The van der Waals surface area contributed by atoms with Gasteiger partial charge in [-0.1, -0.05) is 19.8 Å². The van der Waals surface area contributed by atoms with Gasteiger partial charge in [0.1, 0.15) is 6.33 Å². The highest BCUT2D eigenvalue weighted by Gasteiger charge is 2.38. The molecule has 1 aliphatic carbocycles. The molecule has 2 rings (SSSR count). The van der Waals surface area contributed by atoms with Crippen molar-refractivity contribution >= 4 is 5.91 Å². The molecule has 3 N–H and O–H groups in total. The molecule has 1 saturated carbocycles. The predicted molar refractivity (Wildman–Crippen MR) is 68.9 cm³/mol. The van der Waals surface area contributed by atoms with Crippen molar-refractivity contribution < 1.29 is 4.79 Å². The molecule has 0 radical (unpaired) electrons. The molecule has 1 aliphatic rings. The Morgan fingerprint density at radius 2 is 2.22 bits per heavy atom. The van der Waals surface area contributed by atoms with E-state index < -0.39 is 0 Å². The molecule has 0 aliphatic heterocycles. The third-order valence-corrected chi connectivity index (χ3v) is 4.00. The van der Waals surface area contributed by atoms with E-state index in [1.165, 1.54) is 25.1 Å². The lowest BCUT2D eigenvalue weighted by Gasteiger charge is -2.42. The highest BCUT2D eigenvalue weighted by atomic mass is 16.1. The number of rotatable bonds is 3. The smallest absolute Gasteiger partial charge is 0.254 e. The second-order valence-corrected chi connectivity index (χ2v) is 5.09. The number of aromatic nitrogens is 2. The molecule has 0 aromatic carbocycles. The van der Waals surface area contributed by atoms with Gasteiger partial charge in [-0.15, -0.1) is 0 Å². The quantitative estimate of drug-likeness (QED) is 0.839. The van der Waals surface area contributed by atoms with Gasteiger partial charge in [-0.2, -0.15) is 0 Å². The number of carbonyl (C=O) groups excluding carboxylic acids is 1. The summed E-state index contributed by atoms with van der Waals surface area (Å²) in [6, 6.07) is 0. The van der Waals surface area contributed by atoms with E-state index in [9.17, 15) is 4.79 Å². The van der Waals surface area contributed by atoms with Crippen LogP contribution in [0.4, 0.5) is 0 Å². The van der Waals surface area contributed by atoms with E-state index in [4.69, 9.17) is 5.73 Å². The fraction of sp³-hybridized carbons (Fsp3) is 0.615. The molecule has 1 fully saturated rings. The maximum Gasteiger partial charge on any atom is 0.254 e. The number of carbonyl (C=O) groups is 1. The molecule has 1 aromatic heterocycles. The van der Waals surface area contributed by atoms with E-state index in [0.717, 1.165) is 19.3 Å². The summed E-state index contributed by atoms with van der Waals surface area (Å²) in [5, 5.41) is 3.10.